The second kappa shape index (κ2) is 8.01. The second-order valence-corrected chi connectivity index (χ2v) is 9.72. The van der Waals surface area contributed by atoms with Gasteiger partial charge in [0.25, 0.3) is 0 Å². The van der Waals surface area contributed by atoms with E-state index >= 15 is 0 Å². The molecular weight excluding hydrogens is 410 g/mol. The zero-order valence-corrected chi connectivity index (χ0v) is 18.0. The van der Waals surface area contributed by atoms with E-state index in [1.165, 1.54) is 6.92 Å². The summed E-state index contributed by atoms with van der Waals surface area (Å²) in [6.45, 7) is 9.25. The summed E-state index contributed by atoms with van der Waals surface area (Å²) < 4.78 is 84.2. The molecule has 1 N–H and O–H groups in total. The molecule has 0 spiro atoms. The van der Waals surface area contributed by atoms with Crippen LogP contribution in [0.2, 0.25) is 0 Å². The maximum absolute atomic E-state index is 13.1. The SMILES string of the molecule is CC(OCC1(C)CCC(C)(C(C)(C)O)CC1)c1cc(C(F)(F)F)cc(C(F)(F)F)c1. The van der Waals surface area contributed by atoms with Crippen LogP contribution in [0.5, 0.6) is 0 Å². The van der Waals surface area contributed by atoms with Crippen molar-refractivity contribution in [2.45, 2.75) is 84.4 Å². The zero-order valence-electron chi connectivity index (χ0n) is 18.0. The number of ether oxygens (including phenoxy) is 1. The maximum Gasteiger partial charge on any atom is 0.416 e. The van der Waals surface area contributed by atoms with Crippen molar-refractivity contribution < 1.29 is 36.2 Å². The highest BCUT2D eigenvalue weighted by atomic mass is 19.4. The first-order valence-corrected chi connectivity index (χ1v) is 10.00. The van der Waals surface area contributed by atoms with Gasteiger partial charge in [0.1, 0.15) is 0 Å². The Kier molecular flexibility index (Phi) is 6.67. The standard InChI is InChI=1S/C22H30F6O2/c1-14(15-10-16(21(23,24)25)12-17(11-15)22(26,27)28)30-13-19(4)6-8-20(5,9-7-19)18(2,3)29/h10-12,14,29H,6-9,13H2,1-5H3. The lowest BCUT2D eigenvalue weighted by Crippen LogP contribution is -2.46. The molecule has 1 aromatic carbocycles. The molecule has 2 nitrogen and oxygen atoms in total. The molecule has 2 rings (SSSR count). The highest BCUT2D eigenvalue weighted by molar-refractivity contribution is 5.34. The summed E-state index contributed by atoms with van der Waals surface area (Å²) in [5.41, 5.74) is -4.18. The van der Waals surface area contributed by atoms with Crippen LogP contribution in [0.1, 0.15) is 83.1 Å². The molecule has 1 unspecified atom stereocenters. The Morgan fingerprint density at radius 1 is 0.900 bits per heavy atom. The largest absolute Gasteiger partial charge is 0.416 e. The van der Waals surface area contributed by atoms with Gasteiger partial charge in [-0.1, -0.05) is 13.8 Å². The van der Waals surface area contributed by atoms with Crippen molar-refractivity contribution in [2.75, 3.05) is 6.61 Å². The third kappa shape index (κ3) is 5.69. The molecule has 0 aromatic heterocycles. The third-order valence-electron chi connectivity index (χ3n) is 6.80. The molecular formula is C22H30F6O2. The first kappa shape index (κ1) is 25.0. The van der Waals surface area contributed by atoms with Gasteiger partial charge < -0.3 is 9.84 Å². The number of rotatable bonds is 5. The maximum atomic E-state index is 13.1. The Balaban J connectivity index is 2.14. The minimum Gasteiger partial charge on any atom is -0.390 e. The quantitative estimate of drug-likeness (QED) is 0.492. The van der Waals surface area contributed by atoms with Crippen LogP contribution >= 0.6 is 0 Å². The van der Waals surface area contributed by atoms with Gasteiger partial charge in [0, 0.05) is 0 Å². The lowest BCUT2D eigenvalue weighted by Gasteiger charge is -2.49. The van der Waals surface area contributed by atoms with Gasteiger partial charge in [0.05, 0.1) is 29.4 Å². The zero-order chi connectivity index (χ0) is 23.2. The van der Waals surface area contributed by atoms with Gasteiger partial charge in [0.2, 0.25) is 0 Å². The number of alkyl halides is 6. The van der Waals surface area contributed by atoms with E-state index in [1.54, 1.807) is 13.8 Å². The van der Waals surface area contributed by atoms with Gasteiger partial charge in [-0.15, -0.1) is 0 Å². The van der Waals surface area contributed by atoms with Gasteiger partial charge in [0.15, 0.2) is 0 Å². The smallest absolute Gasteiger partial charge is 0.390 e. The van der Waals surface area contributed by atoms with Crippen molar-refractivity contribution in [3.05, 3.63) is 34.9 Å². The van der Waals surface area contributed by atoms with Crippen LogP contribution in [0, 0.1) is 10.8 Å². The summed E-state index contributed by atoms with van der Waals surface area (Å²) in [6.07, 6.45) is -7.68. The fraction of sp³-hybridized carbons (Fsp3) is 0.727. The molecule has 1 saturated carbocycles. The lowest BCUT2D eigenvalue weighted by atomic mass is 9.60. The summed E-state index contributed by atoms with van der Waals surface area (Å²) >= 11 is 0. The Morgan fingerprint density at radius 2 is 1.33 bits per heavy atom. The monoisotopic (exact) mass is 440 g/mol. The molecule has 0 radical (unpaired) electrons. The summed E-state index contributed by atoms with van der Waals surface area (Å²) in [5, 5.41) is 10.4. The molecule has 0 heterocycles. The average Bonchev–Trinajstić information content (AvgIpc) is 2.60. The van der Waals surface area contributed by atoms with E-state index in [4.69, 9.17) is 4.74 Å². The van der Waals surface area contributed by atoms with Gasteiger partial charge in [-0.2, -0.15) is 26.3 Å². The molecule has 1 fully saturated rings. The van der Waals surface area contributed by atoms with Gasteiger partial charge >= 0.3 is 12.4 Å². The van der Waals surface area contributed by atoms with Crippen LogP contribution < -0.4 is 0 Å². The van der Waals surface area contributed by atoms with E-state index in [0.717, 1.165) is 25.7 Å². The van der Waals surface area contributed by atoms with E-state index < -0.39 is 35.2 Å². The molecule has 0 amide bonds. The Hall–Kier alpha value is -1.28. The van der Waals surface area contributed by atoms with E-state index in [1.807, 2.05) is 13.8 Å². The minimum absolute atomic E-state index is 0.121. The van der Waals surface area contributed by atoms with Crippen molar-refractivity contribution in [1.29, 1.82) is 0 Å². The van der Waals surface area contributed by atoms with Gasteiger partial charge in [-0.25, -0.2) is 0 Å². The third-order valence-corrected chi connectivity index (χ3v) is 6.80. The van der Waals surface area contributed by atoms with Crippen molar-refractivity contribution in [3.63, 3.8) is 0 Å². The average molecular weight is 440 g/mol. The first-order valence-electron chi connectivity index (χ1n) is 10.00. The van der Waals surface area contributed by atoms with Crippen LogP contribution in [-0.2, 0) is 17.1 Å². The van der Waals surface area contributed by atoms with Crippen molar-refractivity contribution in [2.24, 2.45) is 10.8 Å². The number of benzene rings is 1. The van der Waals surface area contributed by atoms with Crippen LogP contribution in [0.25, 0.3) is 0 Å². The molecule has 0 bridgehead atoms. The van der Waals surface area contributed by atoms with Crippen molar-refractivity contribution >= 4 is 0 Å². The fourth-order valence-electron chi connectivity index (χ4n) is 3.80. The molecule has 1 aliphatic rings. The van der Waals surface area contributed by atoms with Crippen LogP contribution in [0.15, 0.2) is 18.2 Å². The fourth-order valence-corrected chi connectivity index (χ4v) is 3.80. The van der Waals surface area contributed by atoms with Gasteiger partial charge in [-0.05, 0) is 81.0 Å². The Bertz CT molecular complexity index is 705. The molecule has 172 valence electrons. The van der Waals surface area contributed by atoms with Crippen molar-refractivity contribution in [1.82, 2.24) is 0 Å². The van der Waals surface area contributed by atoms with E-state index in [-0.39, 0.29) is 29.1 Å². The predicted molar refractivity (Wildman–Crippen MR) is 102 cm³/mol. The normalized spacial score (nSPS) is 27.2. The van der Waals surface area contributed by atoms with Crippen LogP contribution in [0.4, 0.5) is 26.3 Å². The summed E-state index contributed by atoms with van der Waals surface area (Å²) in [4.78, 5) is 0. The molecule has 0 saturated heterocycles. The number of hydrogen-bond acceptors (Lipinski definition) is 2. The van der Waals surface area contributed by atoms with Gasteiger partial charge in [-0.3, -0.25) is 0 Å². The summed E-state index contributed by atoms with van der Waals surface area (Å²) in [7, 11) is 0. The molecule has 0 aliphatic heterocycles. The van der Waals surface area contributed by atoms with Crippen LogP contribution in [-0.4, -0.2) is 17.3 Å². The van der Waals surface area contributed by atoms with Crippen molar-refractivity contribution in [3.8, 4) is 0 Å². The molecule has 1 aliphatic carbocycles. The predicted octanol–water partition coefficient (Wildman–Crippen LogP) is 7.16. The minimum atomic E-state index is -4.88. The molecule has 1 aromatic rings. The summed E-state index contributed by atoms with van der Waals surface area (Å²) in [6, 6.07) is 1.55. The molecule has 30 heavy (non-hydrogen) atoms. The van der Waals surface area contributed by atoms with E-state index in [0.29, 0.717) is 12.1 Å². The summed E-state index contributed by atoms with van der Waals surface area (Å²) in [5.74, 6) is 0. The Morgan fingerprint density at radius 3 is 1.70 bits per heavy atom. The highest BCUT2D eigenvalue weighted by Gasteiger charge is 2.45. The number of aliphatic hydroxyl groups is 1. The first-order chi connectivity index (χ1) is 13.4. The number of hydrogen-bond donors (Lipinski definition) is 1. The molecule has 8 heteroatoms. The second-order valence-electron chi connectivity index (χ2n) is 9.72. The van der Waals surface area contributed by atoms with Crippen LogP contribution in [0.3, 0.4) is 0 Å². The molecule has 1 atom stereocenters. The van der Waals surface area contributed by atoms with E-state index in [2.05, 4.69) is 0 Å². The topological polar surface area (TPSA) is 29.5 Å². The van der Waals surface area contributed by atoms with E-state index in [9.17, 15) is 31.4 Å². The lowest BCUT2D eigenvalue weighted by molar-refractivity contribution is -0.143. The Labute approximate surface area is 173 Å². The highest BCUT2D eigenvalue weighted by Crippen LogP contribution is 2.50. The number of halogens is 6.